The second-order valence-corrected chi connectivity index (χ2v) is 8.30. The van der Waals surface area contributed by atoms with E-state index < -0.39 is 24.3 Å². The third-order valence-corrected chi connectivity index (χ3v) is 5.80. The van der Waals surface area contributed by atoms with Crippen LogP contribution in [0.5, 0.6) is 5.75 Å². The maximum absolute atomic E-state index is 14.0. The molecule has 184 valence electrons. The molecule has 1 fully saturated rings. The number of fused-ring (bicyclic) bond motifs is 2. The summed E-state index contributed by atoms with van der Waals surface area (Å²) in [6.07, 6.45) is -7.63. The lowest BCUT2D eigenvalue weighted by molar-refractivity contribution is -0.274. The first-order valence-electron chi connectivity index (χ1n) is 10.6. The number of alkyl halides is 6. The van der Waals surface area contributed by atoms with Gasteiger partial charge >= 0.3 is 12.5 Å². The van der Waals surface area contributed by atoms with E-state index in [0.29, 0.717) is 17.5 Å². The van der Waals surface area contributed by atoms with E-state index >= 15 is 0 Å². The van der Waals surface area contributed by atoms with Crippen LogP contribution in [0.3, 0.4) is 0 Å². The van der Waals surface area contributed by atoms with Crippen molar-refractivity contribution < 1.29 is 31.1 Å². The van der Waals surface area contributed by atoms with Gasteiger partial charge in [0.25, 0.3) is 0 Å². The predicted molar refractivity (Wildman–Crippen MR) is 113 cm³/mol. The minimum atomic E-state index is -4.86. The predicted octanol–water partition coefficient (Wildman–Crippen LogP) is 4.48. The van der Waals surface area contributed by atoms with Gasteiger partial charge in [-0.05, 0) is 36.2 Å². The number of ether oxygens (including phenoxy) is 1. The van der Waals surface area contributed by atoms with Gasteiger partial charge in [-0.3, -0.25) is 9.30 Å². The van der Waals surface area contributed by atoms with Gasteiger partial charge in [-0.15, -0.1) is 23.4 Å². The Hall–Kier alpha value is -3.45. The topological polar surface area (TPSA) is 81.6 Å². The molecule has 1 saturated heterocycles. The monoisotopic (exact) mass is 496 g/mol. The van der Waals surface area contributed by atoms with Gasteiger partial charge < -0.3 is 10.5 Å². The molecule has 1 aliphatic heterocycles. The average molecular weight is 496 g/mol. The quantitative estimate of drug-likeness (QED) is 0.420. The van der Waals surface area contributed by atoms with E-state index in [0.717, 1.165) is 12.1 Å². The fraction of sp³-hybridized carbons (Fsp3) is 0.318. The number of aromatic nitrogens is 4. The molecule has 5 rings (SSSR count). The highest BCUT2D eigenvalue weighted by Crippen LogP contribution is 2.39. The van der Waals surface area contributed by atoms with Crippen molar-refractivity contribution in [3.8, 4) is 17.3 Å². The standard InChI is InChI=1S/C22H18F6N6O/c23-21(24,25)19(33-8-7-14(29)11-33)13-3-6-18-31-32-20(34(18)10-13)16-5-2-12-1-4-15(9-17(12)30-16)35-22(26,27)28/h1-6,9-10,14,19H,7-8,11,29H2/t14-,19+/m0/s1. The Morgan fingerprint density at radius 2 is 1.77 bits per heavy atom. The maximum atomic E-state index is 14.0. The number of hydrogen-bond acceptors (Lipinski definition) is 6. The summed E-state index contributed by atoms with van der Waals surface area (Å²) < 4.78 is 85.2. The van der Waals surface area contributed by atoms with Crippen LogP contribution in [0.1, 0.15) is 18.0 Å². The van der Waals surface area contributed by atoms with Crippen LogP contribution in [-0.4, -0.2) is 56.2 Å². The highest BCUT2D eigenvalue weighted by atomic mass is 19.4. The minimum absolute atomic E-state index is 0.0122. The molecule has 4 aromatic rings. The molecule has 0 aliphatic carbocycles. The fourth-order valence-corrected chi connectivity index (χ4v) is 4.32. The molecule has 13 heteroatoms. The molecule has 2 atom stereocenters. The second-order valence-electron chi connectivity index (χ2n) is 8.30. The zero-order valence-corrected chi connectivity index (χ0v) is 17.9. The molecule has 0 saturated carbocycles. The van der Waals surface area contributed by atoms with Gasteiger partial charge in [0.15, 0.2) is 11.5 Å². The van der Waals surface area contributed by atoms with Crippen LogP contribution < -0.4 is 10.5 Å². The van der Waals surface area contributed by atoms with Crippen LogP contribution in [0.25, 0.3) is 28.1 Å². The van der Waals surface area contributed by atoms with Crippen molar-refractivity contribution in [2.45, 2.75) is 31.0 Å². The summed E-state index contributed by atoms with van der Waals surface area (Å²) in [5, 5.41) is 8.59. The van der Waals surface area contributed by atoms with E-state index in [1.807, 2.05) is 0 Å². The molecule has 0 amide bonds. The van der Waals surface area contributed by atoms with Gasteiger partial charge in [0.2, 0.25) is 0 Å². The van der Waals surface area contributed by atoms with Crippen molar-refractivity contribution in [3.63, 3.8) is 0 Å². The van der Waals surface area contributed by atoms with E-state index in [-0.39, 0.29) is 41.7 Å². The molecule has 4 heterocycles. The van der Waals surface area contributed by atoms with Crippen LogP contribution in [-0.2, 0) is 0 Å². The third-order valence-electron chi connectivity index (χ3n) is 5.80. The molecule has 0 spiro atoms. The molecule has 1 aromatic carbocycles. The van der Waals surface area contributed by atoms with Crippen molar-refractivity contribution in [2.24, 2.45) is 5.73 Å². The summed E-state index contributed by atoms with van der Waals surface area (Å²) in [6.45, 7) is 0.332. The number of nitrogens with two attached hydrogens (primary N) is 1. The molecular formula is C22H18F6N6O. The number of likely N-dealkylation sites (tertiary alicyclic amines) is 1. The Labute approximate surface area is 194 Å². The number of hydrogen-bond donors (Lipinski definition) is 1. The molecule has 0 unspecified atom stereocenters. The Morgan fingerprint density at radius 1 is 1.00 bits per heavy atom. The van der Waals surface area contributed by atoms with Gasteiger partial charge in [0, 0.05) is 36.8 Å². The molecule has 1 aliphatic rings. The number of benzene rings is 1. The van der Waals surface area contributed by atoms with Gasteiger partial charge in [0.05, 0.1) is 5.52 Å². The maximum Gasteiger partial charge on any atom is 0.573 e. The lowest BCUT2D eigenvalue weighted by atomic mass is 10.1. The van der Waals surface area contributed by atoms with Crippen LogP contribution in [0.4, 0.5) is 26.3 Å². The molecule has 0 bridgehead atoms. The Balaban J connectivity index is 1.56. The summed E-state index contributed by atoms with van der Waals surface area (Å²) in [5.41, 5.74) is 6.52. The van der Waals surface area contributed by atoms with Gasteiger partial charge in [-0.25, -0.2) is 4.98 Å². The van der Waals surface area contributed by atoms with Crippen molar-refractivity contribution in [3.05, 3.63) is 54.2 Å². The summed E-state index contributed by atoms with van der Waals surface area (Å²) in [7, 11) is 0. The van der Waals surface area contributed by atoms with E-state index in [2.05, 4.69) is 19.9 Å². The Morgan fingerprint density at radius 3 is 2.46 bits per heavy atom. The van der Waals surface area contributed by atoms with Crippen molar-refractivity contribution in [1.82, 2.24) is 24.5 Å². The zero-order valence-electron chi connectivity index (χ0n) is 17.9. The van der Waals surface area contributed by atoms with Crippen molar-refractivity contribution >= 4 is 16.6 Å². The van der Waals surface area contributed by atoms with Crippen LogP contribution >= 0.6 is 0 Å². The third kappa shape index (κ3) is 4.73. The first kappa shape index (κ1) is 23.3. The summed E-state index contributed by atoms with van der Waals surface area (Å²) in [4.78, 5) is 5.65. The van der Waals surface area contributed by atoms with Gasteiger partial charge in [-0.2, -0.15) is 13.2 Å². The van der Waals surface area contributed by atoms with Crippen molar-refractivity contribution in [1.29, 1.82) is 0 Å². The van der Waals surface area contributed by atoms with Gasteiger partial charge in [0.1, 0.15) is 17.5 Å². The summed E-state index contributed by atoms with van der Waals surface area (Å²) in [5.74, 6) is -0.301. The van der Waals surface area contributed by atoms with E-state index in [9.17, 15) is 26.3 Å². The Bertz CT molecular complexity index is 1380. The fourth-order valence-electron chi connectivity index (χ4n) is 4.32. The lowest BCUT2D eigenvalue weighted by Gasteiger charge is -2.30. The van der Waals surface area contributed by atoms with E-state index in [1.165, 1.54) is 33.7 Å². The molecule has 2 N–H and O–H groups in total. The van der Waals surface area contributed by atoms with Crippen LogP contribution in [0.2, 0.25) is 0 Å². The Kier molecular flexibility index (Phi) is 5.55. The summed E-state index contributed by atoms with van der Waals surface area (Å²) in [6, 6.07) is 7.47. The molecule has 7 nitrogen and oxygen atoms in total. The zero-order chi connectivity index (χ0) is 25.0. The highest BCUT2D eigenvalue weighted by molar-refractivity contribution is 5.82. The van der Waals surface area contributed by atoms with E-state index in [4.69, 9.17) is 5.73 Å². The number of nitrogens with zero attached hydrogens (tertiary/aromatic N) is 5. The largest absolute Gasteiger partial charge is 0.573 e. The molecular weight excluding hydrogens is 478 g/mol. The lowest BCUT2D eigenvalue weighted by Crippen LogP contribution is -2.38. The number of pyridine rings is 2. The first-order valence-corrected chi connectivity index (χ1v) is 10.6. The van der Waals surface area contributed by atoms with Gasteiger partial charge in [-0.1, -0.05) is 12.1 Å². The smallest absolute Gasteiger partial charge is 0.406 e. The van der Waals surface area contributed by atoms with Crippen LogP contribution in [0, 0.1) is 0 Å². The summed E-state index contributed by atoms with van der Waals surface area (Å²) >= 11 is 0. The SMILES string of the molecule is N[C@H]1CCN([C@H](c2ccc3nnc(-c4ccc5ccc(OC(F)(F)F)cc5n4)n3c2)C(F)(F)F)C1. The van der Waals surface area contributed by atoms with E-state index in [1.54, 1.807) is 12.1 Å². The molecule has 35 heavy (non-hydrogen) atoms. The molecule has 0 radical (unpaired) electrons. The molecule has 3 aromatic heterocycles. The minimum Gasteiger partial charge on any atom is -0.406 e. The number of halogens is 6. The second kappa shape index (κ2) is 8.34. The average Bonchev–Trinajstić information content (AvgIpc) is 3.37. The highest BCUT2D eigenvalue weighted by Gasteiger charge is 2.46. The van der Waals surface area contributed by atoms with Crippen molar-refractivity contribution in [2.75, 3.05) is 13.1 Å². The normalized spacial score (nSPS) is 18.4. The first-order chi connectivity index (χ1) is 16.5. The van der Waals surface area contributed by atoms with Crippen LogP contribution in [0.15, 0.2) is 48.7 Å². The number of rotatable bonds is 4.